The molecule has 2 aromatic rings. The van der Waals surface area contributed by atoms with Crippen LogP contribution in [0.15, 0.2) is 36.4 Å². The molecular formula is C17H22N4O3S. The van der Waals surface area contributed by atoms with Crippen molar-refractivity contribution in [1.82, 2.24) is 19.4 Å². The van der Waals surface area contributed by atoms with Crippen LogP contribution in [-0.2, 0) is 40.9 Å². The second kappa shape index (κ2) is 7.37. The molecule has 1 aromatic heterocycles. The highest BCUT2D eigenvalue weighted by molar-refractivity contribution is 7.88. The summed E-state index contributed by atoms with van der Waals surface area (Å²) >= 11 is 0. The van der Waals surface area contributed by atoms with Crippen LogP contribution in [0.4, 0.5) is 0 Å². The zero-order valence-corrected chi connectivity index (χ0v) is 15.0. The smallest absolute Gasteiger partial charge is 0.224 e. The highest BCUT2D eigenvalue weighted by atomic mass is 32.2. The Morgan fingerprint density at radius 1 is 1.24 bits per heavy atom. The van der Waals surface area contributed by atoms with Crippen LogP contribution in [0.3, 0.4) is 0 Å². The van der Waals surface area contributed by atoms with Gasteiger partial charge in [0, 0.05) is 13.1 Å². The lowest BCUT2D eigenvalue weighted by atomic mass is 10.1. The van der Waals surface area contributed by atoms with Crippen LogP contribution >= 0.6 is 0 Å². The molecule has 0 saturated carbocycles. The van der Waals surface area contributed by atoms with Crippen molar-refractivity contribution in [2.45, 2.75) is 32.5 Å². The second-order valence-corrected chi connectivity index (χ2v) is 8.22. The van der Waals surface area contributed by atoms with Gasteiger partial charge in [0.05, 0.1) is 37.2 Å². The average molecular weight is 362 g/mol. The van der Waals surface area contributed by atoms with E-state index in [1.54, 1.807) is 0 Å². The first-order valence-electron chi connectivity index (χ1n) is 8.23. The lowest BCUT2D eigenvalue weighted by molar-refractivity contribution is -0.120. The van der Waals surface area contributed by atoms with Crippen LogP contribution < -0.4 is 5.32 Å². The number of fused-ring (bicyclic) bond motifs is 1. The summed E-state index contributed by atoms with van der Waals surface area (Å²) in [4.78, 5) is 12.0. The Morgan fingerprint density at radius 2 is 2.00 bits per heavy atom. The van der Waals surface area contributed by atoms with Crippen molar-refractivity contribution in [2.75, 3.05) is 12.8 Å². The minimum atomic E-state index is -3.22. The normalized spacial score (nSPS) is 15.4. The molecule has 2 heterocycles. The third-order valence-corrected chi connectivity index (χ3v) is 5.42. The first kappa shape index (κ1) is 17.6. The highest BCUT2D eigenvalue weighted by Gasteiger charge is 2.22. The number of sulfonamides is 1. The Balaban J connectivity index is 1.61. The number of aromatic nitrogens is 2. The van der Waals surface area contributed by atoms with Crippen molar-refractivity contribution >= 4 is 15.9 Å². The van der Waals surface area contributed by atoms with Crippen molar-refractivity contribution in [3.8, 4) is 0 Å². The molecule has 0 fully saturated rings. The van der Waals surface area contributed by atoms with E-state index in [0.717, 1.165) is 23.4 Å². The molecule has 1 amide bonds. The number of hydrogen-bond donors (Lipinski definition) is 1. The summed E-state index contributed by atoms with van der Waals surface area (Å²) in [5.41, 5.74) is 2.56. The van der Waals surface area contributed by atoms with Crippen molar-refractivity contribution < 1.29 is 13.2 Å². The molecule has 1 N–H and O–H groups in total. The Labute approximate surface area is 147 Å². The molecule has 0 atom stereocenters. The average Bonchev–Trinajstić information content (AvgIpc) is 2.83. The molecule has 1 aliphatic heterocycles. The molecular weight excluding hydrogens is 340 g/mol. The van der Waals surface area contributed by atoms with Gasteiger partial charge in [-0.2, -0.15) is 9.40 Å². The van der Waals surface area contributed by atoms with E-state index in [9.17, 15) is 13.2 Å². The SMILES string of the molecule is CS(=O)(=O)N1CCCn2nc(CNC(=O)Cc3ccccc3)cc2C1. The van der Waals surface area contributed by atoms with Crippen molar-refractivity contribution in [3.05, 3.63) is 53.3 Å². The molecule has 8 heteroatoms. The van der Waals surface area contributed by atoms with Gasteiger partial charge in [-0.15, -0.1) is 0 Å². The maximum atomic E-state index is 12.0. The maximum absolute atomic E-state index is 12.0. The van der Waals surface area contributed by atoms with Gasteiger partial charge in [-0.3, -0.25) is 9.48 Å². The Morgan fingerprint density at radius 3 is 2.72 bits per heavy atom. The fraction of sp³-hybridized carbons (Fsp3) is 0.412. The van der Waals surface area contributed by atoms with Gasteiger partial charge in [0.2, 0.25) is 15.9 Å². The van der Waals surface area contributed by atoms with E-state index in [1.807, 2.05) is 41.1 Å². The van der Waals surface area contributed by atoms with Gasteiger partial charge in [0.25, 0.3) is 0 Å². The lowest BCUT2D eigenvalue weighted by Crippen LogP contribution is -2.29. The van der Waals surface area contributed by atoms with E-state index >= 15 is 0 Å². The fourth-order valence-electron chi connectivity index (χ4n) is 2.89. The third kappa shape index (κ3) is 4.67. The zero-order chi connectivity index (χ0) is 17.9. The number of carbonyl (C=O) groups excluding carboxylic acids is 1. The van der Waals surface area contributed by atoms with E-state index < -0.39 is 10.0 Å². The summed E-state index contributed by atoms with van der Waals surface area (Å²) in [6.07, 6.45) is 2.28. The molecule has 0 bridgehead atoms. The minimum absolute atomic E-state index is 0.0628. The first-order valence-corrected chi connectivity index (χ1v) is 10.1. The number of benzene rings is 1. The van der Waals surface area contributed by atoms with Crippen LogP contribution in [0.2, 0.25) is 0 Å². The van der Waals surface area contributed by atoms with E-state index in [1.165, 1.54) is 10.6 Å². The van der Waals surface area contributed by atoms with Gasteiger partial charge in [-0.1, -0.05) is 30.3 Å². The Bertz CT molecular complexity index is 846. The third-order valence-electron chi connectivity index (χ3n) is 4.17. The second-order valence-electron chi connectivity index (χ2n) is 6.24. The van der Waals surface area contributed by atoms with Gasteiger partial charge in [-0.25, -0.2) is 8.42 Å². The molecule has 0 spiro atoms. The van der Waals surface area contributed by atoms with E-state index in [0.29, 0.717) is 32.6 Å². The lowest BCUT2D eigenvalue weighted by Gasteiger charge is -2.16. The van der Waals surface area contributed by atoms with Crippen LogP contribution in [0.1, 0.15) is 23.4 Å². The number of nitrogens with one attached hydrogen (secondary N) is 1. The van der Waals surface area contributed by atoms with Gasteiger partial charge in [-0.05, 0) is 18.1 Å². The number of aryl methyl sites for hydroxylation is 1. The van der Waals surface area contributed by atoms with E-state index in [-0.39, 0.29) is 5.91 Å². The van der Waals surface area contributed by atoms with Gasteiger partial charge in [0.15, 0.2) is 0 Å². The minimum Gasteiger partial charge on any atom is -0.350 e. The summed E-state index contributed by atoms with van der Waals surface area (Å²) in [5.74, 6) is -0.0628. The summed E-state index contributed by atoms with van der Waals surface area (Å²) in [5, 5.41) is 7.35. The monoisotopic (exact) mass is 362 g/mol. The Hall–Kier alpha value is -2.19. The zero-order valence-electron chi connectivity index (χ0n) is 14.2. The van der Waals surface area contributed by atoms with Crippen LogP contribution in [0.5, 0.6) is 0 Å². The molecule has 25 heavy (non-hydrogen) atoms. The molecule has 0 radical (unpaired) electrons. The van der Waals surface area contributed by atoms with Crippen molar-refractivity contribution in [3.63, 3.8) is 0 Å². The van der Waals surface area contributed by atoms with Gasteiger partial charge < -0.3 is 5.32 Å². The molecule has 134 valence electrons. The summed E-state index contributed by atoms with van der Waals surface area (Å²) in [6, 6.07) is 11.4. The largest absolute Gasteiger partial charge is 0.350 e. The Kier molecular flexibility index (Phi) is 5.19. The van der Waals surface area contributed by atoms with E-state index in [2.05, 4.69) is 10.4 Å². The van der Waals surface area contributed by atoms with Crippen LogP contribution in [0, 0.1) is 0 Å². The topological polar surface area (TPSA) is 84.3 Å². The summed E-state index contributed by atoms with van der Waals surface area (Å²) in [7, 11) is -3.22. The first-order chi connectivity index (χ1) is 11.9. The maximum Gasteiger partial charge on any atom is 0.224 e. The number of rotatable bonds is 5. The fourth-order valence-corrected chi connectivity index (χ4v) is 3.72. The van der Waals surface area contributed by atoms with Crippen molar-refractivity contribution in [2.24, 2.45) is 0 Å². The number of amides is 1. The predicted octanol–water partition coefficient (Wildman–Crippen LogP) is 0.907. The van der Waals surface area contributed by atoms with E-state index in [4.69, 9.17) is 0 Å². The van der Waals surface area contributed by atoms with Crippen LogP contribution in [0.25, 0.3) is 0 Å². The highest BCUT2D eigenvalue weighted by Crippen LogP contribution is 2.16. The number of carbonyl (C=O) groups is 1. The molecule has 0 unspecified atom stereocenters. The molecule has 1 aliphatic rings. The van der Waals surface area contributed by atoms with Gasteiger partial charge in [0.1, 0.15) is 0 Å². The standard InChI is InChI=1S/C17H22N4O3S/c1-25(23,24)20-8-5-9-21-16(13-20)11-15(19-21)12-18-17(22)10-14-6-3-2-4-7-14/h2-4,6-7,11H,5,8-10,12-13H2,1H3,(H,18,22). The molecule has 0 aliphatic carbocycles. The van der Waals surface area contributed by atoms with Crippen molar-refractivity contribution in [1.29, 1.82) is 0 Å². The molecule has 0 saturated heterocycles. The summed E-state index contributed by atoms with van der Waals surface area (Å²) in [6.45, 7) is 1.85. The molecule has 7 nitrogen and oxygen atoms in total. The quantitative estimate of drug-likeness (QED) is 0.857. The van der Waals surface area contributed by atoms with Gasteiger partial charge >= 0.3 is 0 Å². The van der Waals surface area contributed by atoms with Crippen LogP contribution in [-0.4, -0.2) is 41.2 Å². The molecule has 1 aromatic carbocycles. The number of hydrogen-bond acceptors (Lipinski definition) is 4. The molecule has 3 rings (SSSR count). The summed E-state index contributed by atoms with van der Waals surface area (Å²) < 4.78 is 26.9. The predicted molar refractivity (Wildman–Crippen MR) is 94.1 cm³/mol. The number of nitrogens with zero attached hydrogens (tertiary/aromatic N) is 3.